The second kappa shape index (κ2) is 48.2. The number of hydrogen-bond donors (Lipinski definition) is 0. The van der Waals surface area contributed by atoms with Gasteiger partial charge in [-0.25, -0.2) is 14.4 Å². The maximum absolute atomic E-state index is 16.4. The Hall–Kier alpha value is -11.6. The van der Waals surface area contributed by atoms with Gasteiger partial charge < -0.3 is 109 Å². The lowest BCUT2D eigenvalue weighted by Gasteiger charge is -2.53. The first-order valence-corrected chi connectivity index (χ1v) is 41.8. The van der Waals surface area contributed by atoms with Crippen molar-refractivity contribution >= 4 is 29.8 Å². The first-order chi connectivity index (χ1) is 63.0. The third-order valence-corrected chi connectivity index (χ3v) is 21.9. The van der Waals surface area contributed by atoms with E-state index in [9.17, 15) is 30.8 Å². The van der Waals surface area contributed by atoms with Gasteiger partial charge in [0, 0.05) is 30.8 Å². The fourth-order valence-corrected chi connectivity index (χ4v) is 15.6. The monoisotopic (exact) mass is 1780 g/mol. The van der Waals surface area contributed by atoms with E-state index in [2.05, 4.69) is 25.0 Å². The summed E-state index contributed by atoms with van der Waals surface area (Å²) >= 11 is 0. The Bertz CT molecular complexity index is 4970. The van der Waals surface area contributed by atoms with Gasteiger partial charge in [-0.1, -0.05) is 247 Å². The summed E-state index contributed by atoms with van der Waals surface area (Å²) in [5, 5.41) is 35.7. The van der Waals surface area contributed by atoms with Gasteiger partial charge in [-0.05, 0) is 62.1 Å². The molecule has 5 aliphatic heterocycles. The molecule has 13 rings (SSSR count). The van der Waals surface area contributed by atoms with E-state index < -0.39 is 203 Å². The third-order valence-electron chi connectivity index (χ3n) is 21.9. The van der Waals surface area contributed by atoms with Crippen LogP contribution in [0.3, 0.4) is 0 Å². The van der Waals surface area contributed by atoms with E-state index in [0.29, 0.717) is 33.4 Å². The molecule has 7 unspecified atom stereocenters. The van der Waals surface area contributed by atoms with Crippen molar-refractivity contribution in [1.29, 1.82) is 5.39 Å². The van der Waals surface area contributed by atoms with Crippen LogP contribution >= 0.6 is 0 Å². The van der Waals surface area contributed by atoms with E-state index in [0.717, 1.165) is 26.7 Å². The van der Waals surface area contributed by atoms with E-state index in [1.807, 2.05) is 66.7 Å². The van der Waals surface area contributed by atoms with Gasteiger partial charge in [-0.15, -0.1) is 0 Å². The van der Waals surface area contributed by atoms with Crippen molar-refractivity contribution < 1.29 is 133 Å². The number of methoxy groups -OCH3 is 3. The minimum absolute atomic E-state index is 0.0371. The summed E-state index contributed by atoms with van der Waals surface area (Å²) in [6.45, 7) is -0.892. The molecule has 0 aliphatic carbocycles. The van der Waals surface area contributed by atoms with Gasteiger partial charge >= 0.3 is 35.9 Å². The zero-order chi connectivity index (χ0) is 90.4. The molecule has 0 N–H and O–H groups in total. The number of carbonyl (C=O) groups is 5. The van der Waals surface area contributed by atoms with Gasteiger partial charge in [-0.3, -0.25) is 9.59 Å². The van der Waals surface area contributed by atoms with Crippen LogP contribution in [0.2, 0.25) is 0 Å². The summed E-state index contributed by atoms with van der Waals surface area (Å²) in [5.41, 5.74) is 26.0. The average Bonchev–Trinajstić information content (AvgIpc) is 0.757. The van der Waals surface area contributed by atoms with Crippen LogP contribution in [0.1, 0.15) is 63.1 Å². The topological polar surface area (TPSA) is 437 Å². The Balaban J connectivity index is 0.885. The Morgan fingerprint density at radius 1 is 0.349 bits per heavy atom. The quantitative estimate of drug-likeness (QED) is 0.00857. The Kier molecular flexibility index (Phi) is 35.5. The molecule has 0 bridgehead atoms. The number of azide groups is 2. The number of carbonyl (C=O) groups excluding carboxylic acids is 5. The molecule has 0 radical (unpaired) electrons. The lowest BCUT2D eigenvalue weighted by atomic mass is 9.93. The Morgan fingerprint density at radius 2 is 0.651 bits per heavy atom. The van der Waals surface area contributed by atoms with Crippen molar-refractivity contribution in [3.05, 3.63) is 313 Å². The van der Waals surface area contributed by atoms with Crippen molar-refractivity contribution in [3.63, 3.8) is 0 Å². The smallest absolute Gasteiger partial charge is 0.391 e. The van der Waals surface area contributed by atoms with Crippen LogP contribution in [-0.4, -0.2) is 224 Å². The van der Waals surface area contributed by atoms with Crippen molar-refractivity contribution in [2.45, 2.75) is 213 Å². The zero-order valence-corrected chi connectivity index (χ0v) is 71.1. The Labute approximate surface area is 743 Å². The first-order valence-electron chi connectivity index (χ1n) is 41.8. The second-order valence-corrected chi connectivity index (χ2v) is 30.5. The standard InChI is InChI=1S/C93H100N8O28/c1-56(102)111-53-66-73(124-92-84(118-51-63-40-24-11-25-41-63)79(117-50-62-38-22-10-23-39-62)81(83(128-92)88(107)109-4)127-91-71(99-101-96)77(115-48-60-34-18-8-19-35-60)74(67(123-91)54-112-57(2)103)113-46-58-30-14-6-15-31-58)72(104)69(98-100-95)90(122-66)126-80-78(116-49-61-36-20-9-21-37-61)85(119-52-64-42-26-12-27-43-64)93(129-82(80)87(106)108-3)125-75-68(55-120-86(105)65-44-28-13-29-45-65)121-89(110-5)70(97-94)76(75)114-47-59-32-16-7-17-33-59/h6-45,66-85,89-93H,46-55H2,1-5H3/t66?,67?,68?,69-,70-,71-,72+,73-,74-,75-,76-,77-,78+,79+,80+,81+,82?,83?,84-,85?,89?,90-,91-,92-,93-/m1/s1. The van der Waals surface area contributed by atoms with Crippen LogP contribution in [0.5, 0.6) is 0 Å². The predicted octanol–water partition coefficient (Wildman–Crippen LogP) is 10.5. The highest BCUT2D eigenvalue weighted by molar-refractivity contribution is 5.89. The van der Waals surface area contributed by atoms with Gasteiger partial charge in [0.25, 0.3) is 0 Å². The van der Waals surface area contributed by atoms with Gasteiger partial charge in [0.15, 0.2) is 43.5 Å². The van der Waals surface area contributed by atoms with Crippen LogP contribution in [0, 0.1) is 5.39 Å². The zero-order valence-electron chi connectivity index (χ0n) is 71.1. The number of diazo groups is 1. The molecule has 36 nitrogen and oxygen atoms in total. The van der Waals surface area contributed by atoms with Crippen LogP contribution in [0.15, 0.2) is 253 Å². The minimum atomic E-state index is -2.43. The number of nitrogens with zero attached hydrogens (tertiary/aromatic N) is 8. The van der Waals surface area contributed by atoms with Gasteiger partial charge in [-0.2, -0.15) is 0 Å². The van der Waals surface area contributed by atoms with E-state index in [-0.39, 0.29) is 51.8 Å². The first kappa shape index (κ1) is 95.0. The fraction of sp³-hybridized carbons (Fsp3) is 0.430. The summed E-state index contributed by atoms with van der Waals surface area (Å²) < 4.78 is 144. The maximum atomic E-state index is 16.4. The van der Waals surface area contributed by atoms with Crippen LogP contribution < -0.4 is 5.11 Å². The molecule has 5 fully saturated rings. The van der Waals surface area contributed by atoms with Gasteiger partial charge in [0.1, 0.15) is 104 Å². The number of hydrogen-bond acceptors (Lipinski definition) is 31. The van der Waals surface area contributed by atoms with Crippen LogP contribution in [0.4, 0.5) is 0 Å². The van der Waals surface area contributed by atoms with E-state index in [4.69, 9.17) is 104 Å². The summed E-state index contributed by atoms with van der Waals surface area (Å²) in [7, 11) is 3.43. The lowest BCUT2D eigenvalue weighted by Crippen LogP contribution is -2.70. The molecule has 25 atom stereocenters. The molecule has 0 saturated carbocycles. The number of ether oxygens (including phenoxy) is 22. The molecule has 0 amide bonds. The largest absolute Gasteiger partial charge is 0.850 e. The van der Waals surface area contributed by atoms with Crippen LogP contribution in [0.25, 0.3) is 25.9 Å². The highest BCUT2D eigenvalue weighted by atomic mass is 16.8. The van der Waals surface area contributed by atoms with Crippen LogP contribution in [-0.2, 0) is 170 Å². The SMILES string of the molecule is COC(=O)C1O[C@@H](O[C@@H]2C(COC(C)=O)O[C@H](O[C@@H]3C(C(=O)OC)O[C@@H](O[C@@H]4C(COC(=O)c5ccccc5)OC(OC)[C@H]([N+]#N)[C@H]4OCc4ccccc4)C(OCc4ccccc4)[C@H]3OCc3ccccc3)[C@H](N=[N+]=[N-])[C@@H]2[O-])[C@H](OCc2ccccc2)[C@@H](OCc2ccccc2)[C@@H]1O[C@H]1OC(COC(C)=O)[C@@H](OCc2ccccc2)[C@H](OCc2ccccc2)[C@H]1N=[N+]=[N-]. The summed E-state index contributed by atoms with van der Waals surface area (Å²) in [4.78, 5) is 80.3. The van der Waals surface area contributed by atoms with Gasteiger partial charge in [0.2, 0.25) is 11.7 Å². The van der Waals surface area contributed by atoms with Crippen molar-refractivity contribution in [2.24, 2.45) is 10.2 Å². The fourth-order valence-electron chi connectivity index (χ4n) is 15.6. The average molecular weight is 1780 g/mol. The molecule has 0 aromatic heterocycles. The molecule has 5 saturated heterocycles. The summed E-state index contributed by atoms with van der Waals surface area (Å²) in [5.74, 6) is -4.63. The predicted molar refractivity (Wildman–Crippen MR) is 447 cm³/mol. The number of benzene rings is 8. The molecule has 8 aromatic rings. The second-order valence-electron chi connectivity index (χ2n) is 30.5. The summed E-state index contributed by atoms with van der Waals surface area (Å²) in [6.07, 6.45) is -37.8. The normalized spacial score (nSPS) is 29.0. The van der Waals surface area contributed by atoms with Crippen molar-refractivity contribution in [2.75, 3.05) is 41.2 Å². The molecule has 8 aromatic carbocycles. The molecule has 5 aliphatic rings. The van der Waals surface area contributed by atoms with E-state index in [1.54, 1.807) is 176 Å². The highest BCUT2D eigenvalue weighted by Crippen LogP contribution is 2.42. The van der Waals surface area contributed by atoms with Gasteiger partial charge in [0.05, 0.1) is 78.2 Å². The minimum Gasteiger partial charge on any atom is -0.850 e. The molecular weight excluding hydrogens is 1680 g/mol. The van der Waals surface area contributed by atoms with E-state index >= 15 is 14.7 Å². The van der Waals surface area contributed by atoms with Crippen molar-refractivity contribution in [3.8, 4) is 0 Å². The highest BCUT2D eigenvalue weighted by Gasteiger charge is 2.62. The molecular formula is C93H100N8O28. The molecule has 0 spiro atoms. The number of esters is 5. The Morgan fingerprint density at radius 3 is 1.02 bits per heavy atom. The van der Waals surface area contributed by atoms with Crippen molar-refractivity contribution in [1.82, 2.24) is 0 Å². The molecule has 129 heavy (non-hydrogen) atoms. The third kappa shape index (κ3) is 25.5. The maximum Gasteiger partial charge on any atom is 0.391 e. The molecule has 36 heteroatoms. The molecule has 5 heterocycles. The lowest BCUT2D eigenvalue weighted by molar-refractivity contribution is -0.487. The summed E-state index contributed by atoms with van der Waals surface area (Å²) in [6, 6.07) is 65.6. The van der Waals surface area contributed by atoms with E-state index in [1.165, 1.54) is 14.0 Å². The molecule has 680 valence electrons. The number of rotatable bonds is 41.